The summed E-state index contributed by atoms with van der Waals surface area (Å²) in [5.74, 6) is 2.61. The molecule has 0 spiro atoms. The van der Waals surface area contributed by atoms with Crippen molar-refractivity contribution in [3.05, 3.63) is 11.8 Å². The second-order valence-corrected chi connectivity index (χ2v) is 6.29. The van der Waals surface area contributed by atoms with E-state index >= 15 is 0 Å². The Morgan fingerprint density at radius 1 is 1.21 bits per heavy atom. The zero-order valence-electron chi connectivity index (χ0n) is 11.5. The van der Waals surface area contributed by atoms with Gasteiger partial charge in [0.2, 0.25) is 0 Å². The van der Waals surface area contributed by atoms with E-state index in [0.717, 1.165) is 19.8 Å². The first-order valence-corrected chi connectivity index (χ1v) is 7.83. The van der Waals surface area contributed by atoms with Crippen LogP contribution < -0.4 is 5.32 Å². The molecule has 2 atom stereocenters. The molecule has 1 aliphatic carbocycles. The molecule has 1 aromatic heterocycles. The van der Waals surface area contributed by atoms with Crippen LogP contribution in [0.25, 0.3) is 0 Å². The summed E-state index contributed by atoms with van der Waals surface area (Å²) in [5, 5.41) is 8.48. The second-order valence-electron chi connectivity index (χ2n) is 6.29. The third-order valence-electron chi connectivity index (χ3n) is 5.10. The number of anilines is 1. The van der Waals surface area contributed by atoms with Crippen LogP contribution in [0.4, 0.5) is 5.82 Å². The smallest absolute Gasteiger partial charge is 0.124 e. The van der Waals surface area contributed by atoms with E-state index < -0.39 is 0 Å². The van der Waals surface area contributed by atoms with Gasteiger partial charge in [0.1, 0.15) is 5.82 Å². The SMILES string of the molecule is c1c(C2CCCC2)nn2c1NCCC2C1CCOC1. The van der Waals surface area contributed by atoms with Gasteiger partial charge in [-0.15, -0.1) is 0 Å². The van der Waals surface area contributed by atoms with Gasteiger partial charge in [0.25, 0.3) is 0 Å². The average Bonchev–Trinajstić information content (AvgIpc) is 3.18. The van der Waals surface area contributed by atoms with Gasteiger partial charge in [-0.3, -0.25) is 0 Å². The molecule has 4 nitrogen and oxygen atoms in total. The van der Waals surface area contributed by atoms with Gasteiger partial charge in [0.05, 0.1) is 18.3 Å². The van der Waals surface area contributed by atoms with Gasteiger partial charge in [0.15, 0.2) is 0 Å². The molecule has 2 fully saturated rings. The van der Waals surface area contributed by atoms with Crippen LogP contribution in [0.5, 0.6) is 0 Å². The Morgan fingerprint density at radius 2 is 2.11 bits per heavy atom. The molecule has 3 heterocycles. The minimum Gasteiger partial charge on any atom is -0.381 e. The Balaban J connectivity index is 1.62. The molecule has 104 valence electrons. The highest BCUT2D eigenvalue weighted by molar-refractivity contribution is 5.40. The molecule has 1 saturated heterocycles. The molecule has 1 saturated carbocycles. The predicted octanol–water partition coefficient (Wildman–Crippen LogP) is 2.93. The van der Waals surface area contributed by atoms with Crippen molar-refractivity contribution >= 4 is 5.82 Å². The summed E-state index contributed by atoms with van der Waals surface area (Å²) in [5.41, 5.74) is 1.32. The standard InChI is InChI=1S/C15H23N3O/c1-2-4-11(3-1)13-9-15-16-7-5-14(18(15)17-13)12-6-8-19-10-12/h9,11-12,14,16H,1-8,10H2. The molecule has 2 unspecified atom stereocenters. The Bertz CT molecular complexity index is 444. The summed E-state index contributed by atoms with van der Waals surface area (Å²) in [6.45, 7) is 2.93. The number of hydrogen-bond donors (Lipinski definition) is 1. The van der Waals surface area contributed by atoms with Crippen LogP contribution in [-0.2, 0) is 4.74 Å². The summed E-state index contributed by atoms with van der Waals surface area (Å²) in [6, 6.07) is 2.85. The van der Waals surface area contributed by atoms with E-state index in [0.29, 0.717) is 17.9 Å². The summed E-state index contributed by atoms with van der Waals surface area (Å²) >= 11 is 0. The molecule has 0 radical (unpaired) electrons. The molecule has 3 aliphatic rings. The van der Waals surface area contributed by atoms with Crippen molar-refractivity contribution in [3.63, 3.8) is 0 Å². The molecular formula is C15H23N3O. The van der Waals surface area contributed by atoms with Crippen molar-refractivity contribution in [1.29, 1.82) is 0 Å². The highest BCUT2D eigenvalue weighted by Gasteiger charge is 2.32. The van der Waals surface area contributed by atoms with Crippen molar-refractivity contribution < 1.29 is 4.74 Å². The lowest BCUT2D eigenvalue weighted by Gasteiger charge is -2.29. The second kappa shape index (κ2) is 4.82. The van der Waals surface area contributed by atoms with E-state index in [1.54, 1.807) is 0 Å². The van der Waals surface area contributed by atoms with E-state index in [-0.39, 0.29) is 0 Å². The van der Waals surface area contributed by atoms with Crippen LogP contribution in [-0.4, -0.2) is 29.5 Å². The normalized spacial score (nSPS) is 31.4. The highest BCUT2D eigenvalue weighted by atomic mass is 16.5. The first-order valence-electron chi connectivity index (χ1n) is 7.83. The van der Waals surface area contributed by atoms with Gasteiger partial charge in [-0.1, -0.05) is 12.8 Å². The maximum absolute atomic E-state index is 5.57. The van der Waals surface area contributed by atoms with Crippen molar-refractivity contribution in [2.45, 2.75) is 50.5 Å². The molecule has 1 N–H and O–H groups in total. The first-order chi connectivity index (χ1) is 9.42. The van der Waals surface area contributed by atoms with E-state index in [4.69, 9.17) is 9.84 Å². The number of nitrogens with zero attached hydrogens (tertiary/aromatic N) is 2. The number of fused-ring (bicyclic) bond motifs is 1. The highest BCUT2D eigenvalue weighted by Crippen LogP contribution is 2.38. The molecule has 0 amide bonds. The van der Waals surface area contributed by atoms with Crippen LogP contribution >= 0.6 is 0 Å². The molecular weight excluding hydrogens is 238 g/mol. The minimum atomic E-state index is 0.550. The average molecular weight is 261 g/mol. The van der Waals surface area contributed by atoms with Crippen molar-refractivity contribution in [2.24, 2.45) is 5.92 Å². The number of rotatable bonds is 2. The maximum Gasteiger partial charge on any atom is 0.124 e. The van der Waals surface area contributed by atoms with E-state index in [1.807, 2.05) is 0 Å². The summed E-state index contributed by atoms with van der Waals surface area (Å²) in [4.78, 5) is 0. The van der Waals surface area contributed by atoms with E-state index in [2.05, 4.69) is 16.1 Å². The van der Waals surface area contributed by atoms with Gasteiger partial charge in [-0.25, -0.2) is 4.68 Å². The Morgan fingerprint density at radius 3 is 2.89 bits per heavy atom. The molecule has 0 bridgehead atoms. The van der Waals surface area contributed by atoms with E-state index in [1.165, 1.54) is 50.0 Å². The van der Waals surface area contributed by atoms with Gasteiger partial charge >= 0.3 is 0 Å². The number of aromatic nitrogens is 2. The Hall–Kier alpha value is -1.03. The van der Waals surface area contributed by atoms with Gasteiger partial charge in [-0.05, 0) is 25.7 Å². The van der Waals surface area contributed by atoms with Crippen LogP contribution in [0.15, 0.2) is 6.07 Å². The molecule has 4 heteroatoms. The third-order valence-corrected chi connectivity index (χ3v) is 5.10. The lowest BCUT2D eigenvalue weighted by atomic mass is 9.95. The molecule has 1 aromatic rings. The summed E-state index contributed by atoms with van der Waals surface area (Å²) in [7, 11) is 0. The largest absolute Gasteiger partial charge is 0.381 e. The fourth-order valence-electron chi connectivity index (χ4n) is 3.98. The van der Waals surface area contributed by atoms with Gasteiger partial charge in [0, 0.05) is 31.1 Å². The zero-order valence-corrected chi connectivity index (χ0v) is 11.5. The fourth-order valence-corrected chi connectivity index (χ4v) is 3.98. The maximum atomic E-state index is 5.57. The number of hydrogen-bond acceptors (Lipinski definition) is 3. The summed E-state index contributed by atoms with van der Waals surface area (Å²) in [6.07, 6.45) is 7.79. The Labute approximate surface area is 114 Å². The first kappa shape index (κ1) is 11.8. The molecule has 19 heavy (non-hydrogen) atoms. The minimum absolute atomic E-state index is 0.550. The molecule has 0 aromatic carbocycles. The van der Waals surface area contributed by atoms with Crippen LogP contribution in [0.2, 0.25) is 0 Å². The van der Waals surface area contributed by atoms with Crippen molar-refractivity contribution in [3.8, 4) is 0 Å². The van der Waals surface area contributed by atoms with Crippen LogP contribution in [0, 0.1) is 5.92 Å². The van der Waals surface area contributed by atoms with Crippen LogP contribution in [0.1, 0.15) is 56.2 Å². The predicted molar refractivity (Wildman–Crippen MR) is 74.5 cm³/mol. The van der Waals surface area contributed by atoms with E-state index in [9.17, 15) is 0 Å². The molecule has 4 rings (SSSR count). The van der Waals surface area contributed by atoms with Gasteiger partial charge in [-0.2, -0.15) is 5.10 Å². The lowest BCUT2D eigenvalue weighted by Crippen LogP contribution is -2.29. The van der Waals surface area contributed by atoms with Crippen molar-refractivity contribution in [2.75, 3.05) is 25.1 Å². The number of nitrogens with one attached hydrogen (secondary N) is 1. The fraction of sp³-hybridized carbons (Fsp3) is 0.800. The van der Waals surface area contributed by atoms with Crippen molar-refractivity contribution in [1.82, 2.24) is 9.78 Å². The third kappa shape index (κ3) is 2.06. The topological polar surface area (TPSA) is 39.1 Å². The molecule has 2 aliphatic heterocycles. The summed E-state index contributed by atoms with van der Waals surface area (Å²) < 4.78 is 7.84. The van der Waals surface area contributed by atoms with Gasteiger partial charge < -0.3 is 10.1 Å². The Kier molecular flexibility index (Phi) is 2.98. The van der Waals surface area contributed by atoms with Crippen LogP contribution in [0.3, 0.4) is 0 Å². The zero-order chi connectivity index (χ0) is 12.7. The number of ether oxygens (including phenoxy) is 1. The quantitative estimate of drug-likeness (QED) is 0.889. The lowest BCUT2D eigenvalue weighted by molar-refractivity contribution is 0.167. The monoisotopic (exact) mass is 261 g/mol.